The molecule has 3 heteroatoms. The first-order chi connectivity index (χ1) is 7.93. The molecular formula is C13H14N2S. The first-order valence-corrected chi connectivity index (χ1v) is 6.69. The lowest BCUT2D eigenvalue weighted by atomic mass is 10.2. The Morgan fingerprint density at radius 3 is 3.00 bits per heavy atom. The van der Waals surface area contributed by atoms with Crippen LogP contribution in [0.2, 0.25) is 0 Å². The van der Waals surface area contributed by atoms with E-state index >= 15 is 0 Å². The molecule has 16 heavy (non-hydrogen) atoms. The Labute approximate surface area is 99.5 Å². The van der Waals surface area contributed by atoms with Crippen LogP contribution in [0.5, 0.6) is 0 Å². The maximum atomic E-state index is 4.72. The highest BCUT2D eigenvalue weighted by Gasteiger charge is 2.16. The molecule has 2 nitrogen and oxygen atoms in total. The molecule has 82 valence electrons. The monoisotopic (exact) mass is 230 g/mol. The number of hydrogen-bond donors (Lipinski definition) is 1. The normalized spacial score (nSPS) is 21.1. The zero-order chi connectivity index (χ0) is 10.8. The minimum absolute atomic E-state index is 0.373. The lowest BCUT2D eigenvalue weighted by Crippen LogP contribution is -2.25. The van der Waals surface area contributed by atoms with E-state index in [1.807, 2.05) is 17.8 Å². The fraction of sp³-hybridized carbons (Fsp3) is 0.308. The molecule has 1 aliphatic rings. The van der Waals surface area contributed by atoms with Gasteiger partial charge in [-0.1, -0.05) is 24.3 Å². The third-order valence-electron chi connectivity index (χ3n) is 2.82. The van der Waals surface area contributed by atoms with E-state index in [-0.39, 0.29) is 0 Å². The lowest BCUT2D eigenvalue weighted by Gasteiger charge is -2.22. The van der Waals surface area contributed by atoms with Gasteiger partial charge >= 0.3 is 0 Å². The number of rotatable bonds is 1. The van der Waals surface area contributed by atoms with E-state index in [0.717, 1.165) is 17.8 Å². The number of aromatic nitrogens is 1. The highest BCUT2D eigenvalue weighted by atomic mass is 32.2. The van der Waals surface area contributed by atoms with E-state index in [9.17, 15) is 0 Å². The van der Waals surface area contributed by atoms with Crippen molar-refractivity contribution in [2.75, 3.05) is 12.3 Å². The van der Waals surface area contributed by atoms with Gasteiger partial charge in [-0.3, -0.25) is 4.98 Å². The van der Waals surface area contributed by atoms with E-state index in [1.54, 1.807) is 0 Å². The molecule has 1 aromatic heterocycles. The molecule has 1 fully saturated rings. The molecule has 2 aromatic rings. The molecule has 0 amide bonds. The largest absolute Gasteiger partial charge is 0.300 e. The number of hydrogen-bond acceptors (Lipinski definition) is 3. The summed E-state index contributed by atoms with van der Waals surface area (Å²) in [6.07, 6.45) is 1.26. The van der Waals surface area contributed by atoms with Gasteiger partial charge in [-0.25, -0.2) is 0 Å². The van der Waals surface area contributed by atoms with Crippen LogP contribution in [0.1, 0.15) is 17.5 Å². The Bertz CT molecular complexity index is 492. The first-order valence-electron chi connectivity index (χ1n) is 5.64. The summed E-state index contributed by atoms with van der Waals surface area (Å²) in [6.45, 7) is 1.10. The standard InChI is InChI=1S/C13H14N2S/c1-2-5-11-10(4-1)6-7-12(15-11)13-14-8-3-9-16-13/h1-2,4-7,13-14H,3,8-9H2. The highest BCUT2D eigenvalue weighted by molar-refractivity contribution is 7.99. The van der Waals surface area contributed by atoms with Gasteiger partial charge < -0.3 is 5.32 Å². The third-order valence-corrected chi connectivity index (χ3v) is 4.09. The number of nitrogens with zero attached hydrogens (tertiary/aromatic N) is 1. The topological polar surface area (TPSA) is 24.9 Å². The van der Waals surface area contributed by atoms with Crippen LogP contribution in [-0.4, -0.2) is 17.3 Å². The molecule has 1 unspecified atom stereocenters. The predicted molar refractivity (Wildman–Crippen MR) is 69.6 cm³/mol. The Morgan fingerprint density at radius 2 is 2.12 bits per heavy atom. The number of nitrogens with one attached hydrogen (secondary N) is 1. The van der Waals surface area contributed by atoms with Gasteiger partial charge in [-0.15, -0.1) is 11.8 Å². The SMILES string of the molecule is c1ccc2nc(C3NCCCS3)ccc2c1. The van der Waals surface area contributed by atoms with Crippen LogP contribution in [0, 0.1) is 0 Å². The number of fused-ring (bicyclic) bond motifs is 1. The van der Waals surface area contributed by atoms with Crippen molar-refractivity contribution in [2.45, 2.75) is 11.8 Å². The first kappa shape index (κ1) is 10.1. The fourth-order valence-corrected chi connectivity index (χ4v) is 3.07. The molecule has 0 spiro atoms. The van der Waals surface area contributed by atoms with Crippen LogP contribution < -0.4 is 5.32 Å². The molecule has 0 saturated carbocycles. The zero-order valence-electron chi connectivity index (χ0n) is 9.02. The van der Waals surface area contributed by atoms with Crippen molar-refractivity contribution in [1.29, 1.82) is 0 Å². The van der Waals surface area contributed by atoms with Gasteiger partial charge in [0.15, 0.2) is 0 Å². The van der Waals surface area contributed by atoms with Crippen molar-refractivity contribution < 1.29 is 0 Å². The van der Waals surface area contributed by atoms with Crippen molar-refractivity contribution in [3.8, 4) is 0 Å². The van der Waals surface area contributed by atoms with Gasteiger partial charge in [0.25, 0.3) is 0 Å². The molecule has 0 radical (unpaired) electrons. The summed E-state index contributed by atoms with van der Waals surface area (Å²) in [5.41, 5.74) is 2.25. The maximum absolute atomic E-state index is 4.72. The third kappa shape index (κ3) is 1.93. The van der Waals surface area contributed by atoms with E-state index in [4.69, 9.17) is 4.98 Å². The molecule has 3 rings (SSSR count). The summed E-state index contributed by atoms with van der Waals surface area (Å²) in [7, 11) is 0. The van der Waals surface area contributed by atoms with Crippen molar-refractivity contribution in [3.05, 3.63) is 42.1 Å². The predicted octanol–water partition coefficient (Wildman–Crippen LogP) is 2.96. The minimum Gasteiger partial charge on any atom is -0.300 e. The average molecular weight is 230 g/mol. The van der Waals surface area contributed by atoms with Crippen molar-refractivity contribution in [3.63, 3.8) is 0 Å². The summed E-state index contributed by atoms with van der Waals surface area (Å²) < 4.78 is 0. The van der Waals surface area contributed by atoms with Crippen LogP contribution in [0.25, 0.3) is 10.9 Å². The lowest BCUT2D eigenvalue weighted by molar-refractivity contribution is 0.633. The van der Waals surface area contributed by atoms with Gasteiger partial charge in [0.1, 0.15) is 0 Å². The molecule has 1 N–H and O–H groups in total. The Kier molecular flexibility index (Phi) is 2.80. The number of para-hydroxylation sites is 1. The Morgan fingerprint density at radius 1 is 1.19 bits per heavy atom. The summed E-state index contributed by atoms with van der Waals surface area (Å²) >= 11 is 1.95. The number of thioether (sulfide) groups is 1. The zero-order valence-corrected chi connectivity index (χ0v) is 9.83. The summed E-state index contributed by atoms with van der Waals surface area (Å²) in [5.74, 6) is 1.23. The minimum atomic E-state index is 0.373. The highest BCUT2D eigenvalue weighted by Crippen LogP contribution is 2.29. The smallest absolute Gasteiger partial charge is 0.0962 e. The fourth-order valence-electron chi connectivity index (χ4n) is 1.98. The van der Waals surface area contributed by atoms with E-state index in [0.29, 0.717) is 5.37 Å². The van der Waals surface area contributed by atoms with E-state index in [2.05, 4.69) is 35.6 Å². The molecule has 1 atom stereocenters. The van der Waals surface area contributed by atoms with E-state index < -0.39 is 0 Å². The second-order valence-electron chi connectivity index (χ2n) is 3.99. The van der Waals surface area contributed by atoms with Gasteiger partial charge in [0.2, 0.25) is 0 Å². The van der Waals surface area contributed by atoms with Gasteiger partial charge in [0.05, 0.1) is 16.6 Å². The molecule has 0 bridgehead atoms. The van der Waals surface area contributed by atoms with Crippen molar-refractivity contribution in [1.82, 2.24) is 10.3 Å². The molecule has 0 aliphatic carbocycles. The molecular weight excluding hydrogens is 216 g/mol. The van der Waals surface area contributed by atoms with Gasteiger partial charge in [-0.2, -0.15) is 0 Å². The number of benzene rings is 1. The van der Waals surface area contributed by atoms with Gasteiger partial charge in [-0.05, 0) is 30.9 Å². The second kappa shape index (κ2) is 4.44. The molecule has 2 heterocycles. The quantitative estimate of drug-likeness (QED) is 0.815. The van der Waals surface area contributed by atoms with Crippen LogP contribution >= 0.6 is 11.8 Å². The van der Waals surface area contributed by atoms with Gasteiger partial charge in [0, 0.05) is 5.39 Å². The second-order valence-corrected chi connectivity index (χ2v) is 5.20. The van der Waals surface area contributed by atoms with Crippen LogP contribution in [0.3, 0.4) is 0 Å². The van der Waals surface area contributed by atoms with Crippen LogP contribution in [-0.2, 0) is 0 Å². The van der Waals surface area contributed by atoms with Crippen molar-refractivity contribution >= 4 is 22.7 Å². The molecule has 1 aromatic carbocycles. The van der Waals surface area contributed by atoms with Crippen LogP contribution in [0.15, 0.2) is 36.4 Å². The summed E-state index contributed by atoms with van der Waals surface area (Å²) in [5, 5.41) is 5.09. The maximum Gasteiger partial charge on any atom is 0.0962 e. The number of pyridine rings is 1. The summed E-state index contributed by atoms with van der Waals surface area (Å²) in [4.78, 5) is 4.72. The van der Waals surface area contributed by atoms with E-state index in [1.165, 1.54) is 17.6 Å². The van der Waals surface area contributed by atoms with Crippen LogP contribution in [0.4, 0.5) is 0 Å². The molecule has 1 saturated heterocycles. The van der Waals surface area contributed by atoms with Crippen molar-refractivity contribution in [2.24, 2.45) is 0 Å². The average Bonchev–Trinajstić information content (AvgIpc) is 2.39. The Hall–Kier alpha value is -1.06. The molecule has 1 aliphatic heterocycles. The summed E-state index contributed by atoms with van der Waals surface area (Å²) in [6, 6.07) is 12.6. The Balaban J connectivity index is 1.97.